The predicted octanol–water partition coefficient (Wildman–Crippen LogP) is 4.76. The minimum absolute atomic E-state index is 0.126. The number of ether oxygens (including phenoxy) is 4. The number of anilines is 2. The lowest BCUT2D eigenvalue weighted by Gasteiger charge is -2.10. The highest BCUT2D eigenvalue weighted by Gasteiger charge is 2.27. The number of hydrogen-bond acceptors (Lipinski definition) is 8. The van der Waals surface area contributed by atoms with E-state index >= 15 is 0 Å². The molecule has 0 aliphatic heterocycles. The van der Waals surface area contributed by atoms with Crippen molar-refractivity contribution in [2.75, 3.05) is 38.6 Å². The monoisotopic (exact) mass is 498 g/mol. The molecule has 0 spiro atoms. The van der Waals surface area contributed by atoms with Gasteiger partial charge in [0.25, 0.3) is 11.8 Å². The Hall–Kier alpha value is -4.05. The lowest BCUT2D eigenvalue weighted by Crippen LogP contribution is -2.15. The molecular weight excluding hydrogens is 472 g/mol. The molecule has 0 radical (unpaired) electrons. The molecular formula is C25H26N2O7S. The van der Waals surface area contributed by atoms with E-state index in [1.165, 1.54) is 27.4 Å². The molecule has 2 aromatic carbocycles. The number of rotatable bonds is 9. The quantitative estimate of drug-likeness (QED) is 0.409. The third-order valence-electron chi connectivity index (χ3n) is 5.03. The highest BCUT2D eigenvalue weighted by Crippen LogP contribution is 2.35. The van der Waals surface area contributed by atoms with Crippen LogP contribution in [0.5, 0.6) is 17.2 Å². The van der Waals surface area contributed by atoms with Gasteiger partial charge < -0.3 is 29.6 Å². The van der Waals surface area contributed by atoms with Crippen LogP contribution in [0, 0.1) is 6.92 Å². The minimum atomic E-state index is -0.635. The van der Waals surface area contributed by atoms with E-state index in [-0.39, 0.29) is 27.6 Å². The van der Waals surface area contributed by atoms with E-state index in [2.05, 4.69) is 10.6 Å². The van der Waals surface area contributed by atoms with Crippen LogP contribution in [0.25, 0.3) is 0 Å². The van der Waals surface area contributed by atoms with Gasteiger partial charge in [-0.05, 0) is 49.7 Å². The molecule has 0 atom stereocenters. The van der Waals surface area contributed by atoms with Crippen molar-refractivity contribution in [3.63, 3.8) is 0 Å². The first-order valence-electron chi connectivity index (χ1n) is 10.6. The molecule has 2 amide bonds. The molecule has 0 bridgehead atoms. The van der Waals surface area contributed by atoms with Gasteiger partial charge in [-0.1, -0.05) is 6.07 Å². The van der Waals surface area contributed by atoms with Crippen molar-refractivity contribution in [3.8, 4) is 17.2 Å². The van der Waals surface area contributed by atoms with Gasteiger partial charge in [0.2, 0.25) is 0 Å². The summed E-state index contributed by atoms with van der Waals surface area (Å²) in [5, 5.41) is 5.73. The Bertz CT molecular complexity index is 1250. The first-order chi connectivity index (χ1) is 16.8. The predicted molar refractivity (Wildman–Crippen MR) is 133 cm³/mol. The lowest BCUT2D eigenvalue weighted by atomic mass is 10.1. The van der Waals surface area contributed by atoms with Gasteiger partial charge in [0.05, 0.1) is 38.4 Å². The summed E-state index contributed by atoms with van der Waals surface area (Å²) in [6, 6.07) is 11.6. The van der Waals surface area contributed by atoms with Crippen molar-refractivity contribution >= 4 is 39.8 Å². The molecule has 0 saturated heterocycles. The second-order valence-corrected chi connectivity index (χ2v) is 8.21. The molecule has 2 N–H and O–H groups in total. The maximum Gasteiger partial charge on any atom is 0.341 e. The summed E-state index contributed by atoms with van der Waals surface area (Å²) in [5.74, 6) is -0.119. The molecule has 35 heavy (non-hydrogen) atoms. The van der Waals surface area contributed by atoms with E-state index in [0.717, 1.165) is 11.3 Å². The van der Waals surface area contributed by atoms with Crippen LogP contribution in [-0.4, -0.2) is 45.7 Å². The molecule has 0 aliphatic carbocycles. The maximum atomic E-state index is 13.1. The molecule has 10 heteroatoms. The van der Waals surface area contributed by atoms with Crippen molar-refractivity contribution in [2.45, 2.75) is 13.8 Å². The van der Waals surface area contributed by atoms with Crippen molar-refractivity contribution in [1.82, 2.24) is 0 Å². The third kappa shape index (κ3) is 5.72. The van der Waals surface area contributed by atoms with Crippen LogP contribution in [0.2, 0.25) is 0 Å². The number of benzene rings is 2. The van der Waals surface area contributed by atoms with Gasteiger partial charge in [-0.3, -0.25) is 9.59 Å². The normalized spacial score (nSPS) is 10.3. The van der Waals surface area contributed by atoms with Crippen LogP contribution < -0.4 is 24.8 Å². The van der Waals surface area contributed by atoms with E-state index in [0.29, 0.717) is 28.5 Å². The fourth-order valence-electron chi connectivity index (χ4n) is 3.31. The van der Waals surface area contributed by atoms with Gasteiger partial charge in [0.1, 0.15) is 10.8 Å². The summed E-state index contributed by atoms with van der Waals surface area (Å²) >= 11 is 0.986. The van der Waals surface area contributed by atoms with Crippen LogP contribution in [0.1, 0.15) is 42.9 Å². The Labute approximate surface area is 207 Å². The highest BCUT2D eigenvalue weighted by atomic mass is 32.1. The molecule has 3 rings (SSSR count). The Kier molecular flexibility index (Phi) is 8.32. The topological polar surface area (TPSA) is 112 Å². The standard InChI is InChI=1S/C25H26N2O7S/c1-6-34-25(30)20-14(2)21(23(29)26-16-8-7-9-17(13-16)31-3)35-24(20)27-22(28)15-10-11-18(32-4)19(12-15)33-5/h7-13H,6H2,1-5H3,(H,26,29)(H,27,28). The zero-order chi connectivity index (χ0) is 25.5. The van der Waals surface area contributed by atoms with Crippen LogP contribution in [0.4, 0.5) is 10.7 Å². The molecule has 0 aliphatic rings. The van der Waals surface area contributed by atoms with E-state index < -0.39 is 17.8 Å². The van der Waals surface area contributed by atoms with Crippen molar-refractivity contribution in [1.29, 1.82) is 0 Å². The zero-order valence-electron chi connectivity index (χ0n) is 20.0. The first-order valence-corrected chi connectivity index (χ1v) is 11.4. The van der Waals surface area contributed by atoms with Gasteiger partial charge in [-0.15, -0.1) is 11.3 Å². The number of hydrogen-bond donors (Lipinski definition) is 2. The number of methoxy groups -OCH3 is 3. The molecule has 0 saturated carbocycles. The molecule has 0 unspecified atom stereocenters. The number of esters is 1. The summed E-state index contributed by atoms with van der Waals surface area (Å²) in [6.45, 7) is 3.45. The number of carbonyl (C=O) groups is 3. The largest absolute Gasteiger partial charge is 0.497 e. The Balaban J connectivity index is 1.94. The van der Waals surface area contributed by atoms with Crippen LogP contribution in [-0.2, 0) is 4.74 Å². The Morgan fingerprint density at radius 1 is 0.886 bits per heavy atom. The van der Waals surface area contributed by atoms with Gasteiger partial charge in [-0.25, -0.2) is 4.79 Å². The third-order valence-corrected chi connectivity index (χ3v) is 6.24. The number of amides is 2. The van der Waals surface area contributed by atoms with E-state index in [1.54, 1.807) is 50.2 Å². The first kappa shape index (κ1) is 25.6. The number of carbonyl (C=O) groups excluding carboxylic acids is 3. The molecule has 3 aromatic rings. The molecule has 0 fully saturated rings. The summed E-state index contributed by atoms with van der Waals surface area (Å²) in [6.07, 6.45) is 0. The molecule has 1 heterocycles. The fourth-order valence-corrected chi connectivity index (χ4v) is 4.39. The van der Waals surface area contributed by atoms with E-state index in [1.807, 2.05) is 0 Å². The molecule has 9 nitrogen and oxygen atoms in total. The van der Waals surface area contributed by atoms with Crippen molar-refractivity contribution in [3.05, 3.63) is 64.0 Å². The summed E-state index contributed by atoms with van der Waals surface area (Å²) < 4.78 is 20.8. The molecule has 184 valence electrons. The van der Waals surface area contributed by atoms with E-state index in [9.17, 15) is 14.4 Å². The number of nitrogens with one attached hydrogen (secondary N) is 2. The van der Waals surface area contributed by atoms with Gasteiger partial charge in [-0.2, -0.15) is 0 Å². The van der Waals surface area contributed by atoms with Gasteiger partial charge in [0, 0.05) is 17.3 Å². The zero-order valence-corrected chi connectivity index (χ0v) is 20.8. The Morgan fingerprint density at radius 3 is 2.29 bits per heavy atom. The van der Waals surface area contributed by atoms with Crippen LogP contribution >= 0.6 is 11.3 Å². The van der Waals surface area contributed by atoms with Crippen molar-refractivity contribution < 1.29 is 33.3 Å². The van der Waals surface area contributed by atoms with Crippen LogP contribution in [0.3, 0.4) is 0 Å². The minimum Gasteiger partial charge on any atom is -0.497 e. The summed E-state index contributed by atoms with van der Waals surface area (Å²) in [7, 11) is 4.49. The highest BCUT2D eigenvalue weighted by molar-refractivity contribution is 7.19. The Morgan fingerprint density at radius 2 is 1.63 bits per heavy atom. The smallest absolute Gasteiger partial charge is 0.341 e. The second-order valence-electron chi connectivity index (χ2n) is 7.19. The second kappa shape index (κ2) is 11.4. The summed E-state index contributed by atoms with van der Waals surface area (Å²) in [4.78, 5) is 39.0. The average Bonchev–Trinajstić information content (AvgIpc) is 3.19. The number of thiophene rings is 1. The maximum absolute atomic E-state index is 13.1. The van der Waals surface area contributed by atoms with Crippen molar-refractivity contribution in [2.24, 2.45) is 0 Å². The average molecular weight is 499 g/mol. The van der Waals surface area contributed by atoms with Crippen LogP contribution in [0.15, 0.2) is 42.5 Å². The lowest BCUT2D eigenvalue weighted by molar-refractivity contribution is 0.0527. The fraction of sp³-hybridized carbons (Fsp3) is 0.240. The summed E-state index contributed by atoms with van der Waals surface area (Å²) in [5.41, 5.74) is 1.33. The van der Waals surface area contributed by atoms with Gasteiger partial charge in [0.15, 0.2) is 11.5 Å². The van der Waals surface area contributed by atoms with E-state index in [4.69, 9.17) is 18.9 Å². The molecule has 1 aromatic heterocycles. The van der Waals surface area contributed by atoms with Gasteiger partial charge >= 0.3 is 5.97 Å². The SMILES string of the molecule is CCOC(=O)c1c(NC(=O)c2ccc(OC)c(OC)c2)sc(C(=O)Nc2cccc(OC)c2)c1C.